The lowest BCUT2D eigenvalue weighted by atomic mass is 10.3. The van der Waals surface area contributed by atoms with Crippen molar-refractivity contribution in [3.8, 4) is 0 Å². The van der Waals surface area contributed by atoms with E-state index in [2.05, 4.69) is 32.2 Å². The lowest BCUT2D eigenvalue weighted by Gasteiger charge is -2.02. The van der Waals surface area contributed by atoms with Crippen LogP contribution < -0.4 is 5.32 Å². The molecule has 2 heteroatoms. The Hall–Kier alpha value is -0.170. The SMILES string of the molecule is CC=C(CC)NCC.Cl. The highest BCUT2D eigenvalue weighted by Gasteiger charge is 1.83. The van der Waals surface area contributed by atoms with Gasteiger partial charge in [-0.15, -0.1) is 12.4 Å². The summed E-state index contributed by atoms with van der Waals surface area (Å²) in [7, 11) is 0. The van der Waals surface area contributed by atoms with Crippen molar-refractivity contribution in [1.29, 1.82) is 0 Å². The third kappa shape index (κ3) is 5.71. The molecule has 0 fully saturated rings. The highest BCUT2D eigenvalue weighted by molar-refractivity contribution is 5.85. The summed E-state index contributed by atoms with van der Waals surface area (Å²) in [6.45, 7) is 7.35. The molecule has 56 valence electrons. The van der Waals surface area contributed by atoms with Crippen LogP contribution in [0.15, 0.2) is 11.8 Å². The fourth-order valence-corrected chi connectivity index (χ4v) is 0.658. The Bertz CT molecular complexity index is 79.0. The topological polar surface area (TPSA) is 12.0 Å². The summed E-state index contributed by atoms with van der Waals surface area (Å²) in [6.07, 6.45) is 3.23. The minimum Gasteiger partial charge on any atom is -0.389 e. The van der Waals surface area contributed by atoms with Crippen LogP contribution >= 0.6 is 12.4 Å². The van der Waals surface area contributed by atoms with Gasteiger partial charge in [0.05, 0.1) is 0 Å². The average Bonchev–Trinajstić information content (AvgIpc) is 1.83. The van der Waals surface area contributed by atoms with Crippen LogP contribution in [0, 0.1) is 0 Å². The van der Waals surface area contributed by atoms with Crippen LogP contribution in [-0.2, 0) is 0 Å². The summed E-state index contributed by atoms with van der Waals surface area (Å²) in [6, 6.07) is 0. The van der Waals surface area contributed by atoms with Crippen molar-refractivity contribution >= 4 is 12.4 Å². The predicted molar refractivity (Wildman–Crippen MR) is 45.0 cm³/mol. The number of halogens is 1. The molecule has 0 aromatic carbocycles. The van der Waals surface area contributed by atoms with Crippen molar-refractivity contribution in [2.24, 2.45) is 0 Å². The molecule has 0 atom stereocenters. The first-order valence-electron chi connectivity index (χ1n) is 3.24. The molecule has 0 aromatic rings. The largest absolute Gasteiger partial charge is 0.389 e. The van der Waals surface area contributed by atoms with Crippen molar-refractivity contribution in [2.75, 3.05) is 6.54 Å². The molecule has 1 nitrogen and oxygen atoms in total. The zero-order chi connectivity index (χ0) is 6.41. The molecule has 0 aromatic heterocycles. The fraction of sp³-hybridized carbons (Fsp3) is 0.714. The predicted octanol–water partition coefficient (Wildman–Crippen LogP) is 2.33. The van der Waals surface area contributed by atoms with E-state index in [-0.39, 0.29) is 12.4 Å². The van der Waals surface area contributed by atoms with Gasteiger partial charge in [-0.05, 0) is 20.3 Å². The normalized spacial score (nSPS) is 10.3. The van der Waals surface area contributed by atoms with Gasteiger partial charge in [0.15, 0.2) is 0 Å². The van der Waals surface area contributed by atoms with Gasteiger partial charge in [-0.2, -0.15) is 0 Å². The molecular formula is C7H16ClN. The van der Waals surface area contributed by atoms with Gasteiger partial charge in [0.1, 0.15) is 0 Å². The first kappa shape index (κ1) is 11.6. The Morgan fingerprint density at radius 1 is 1.44 bits per heavy atom. The fourth-order valence-electron chi connectivity index (χ4n) is 0.658. The second kappa shape index (κ2) is 7.83. The van der Waals surface area contributed by atoms with Crippen LogP contribution in [0.4, 0.5) is 0 Å². The number of allylic oxidation sites excluding steroid dienone is 2. The molecule has 0 heterocycles. The van der Waals surface area contributed by atoms with Crippen LogP contribution in [-0.4, -0.2) is 6.54 Å². The van der Waals surface area contributed by atoms with Gasteiger partial charge >= 0.3 is 0 Å². The van der Waals surface area contributed by atoms with Crippen molar-refractivity contribution < 1.29 is 0 Å². The zero-order valence-corrected chi connectivity index (χ0v) is 7.22. The summed E-state index contributed by atoms with van der Waals surface area (Å²) in [4.78, 5) is 0. The highest BCUT2D eigenvalue weighted by atomic mass is 35.5. The van der Waals surface area contributed by atoms with Crippen LogP contribution in [0.1, 0.15) is 27.2 Å². The van der Waals surface area contributed by atoms with Crippen molar-refractivity contribution in [2.45, 2.75) is 27.2 Å². The van der Waals surface area contributed by atoms with E-state index in [4.69, 9.17) is 0 Å². The molecule has 0 saturated heterocycles. The van der Waals surface area contributed by atoms with E-state index < -0.39 is 0 Å². The second-order valence-corrected chi connectivity index (χ2v) is 1.70. The third-order valence-electron chi connectivity index (χ3n) is 1.13. The smallest absolute Gasteiger partial charge is 0.0115 e. The van der Waals surface area contributed by atoms with Gasteiger partial charge in [-0.1, -0.05) is 13.0 Å². The molecule has 0 rings (SSSR count). The first-order valence-corrected chi connectivity index (χ1v) is 3.24. The quantitative estimate of drug-likeness (QED) is 0.650. The Morgan fingerprint density at radius 3 is 2.11 bits per heavy atom. The van der Waals surface area contributed by atoms with Crippen molar-refractivity contribution in [3.63, 3.8) is 0 Å². The molecule has 0 aliphatic heterocycles. The average molecular weight is 150 g/mol. The Morgan fingerprint density at radius 2 is 2.00 bits per heavy atom. The maximum atomic E-state index is 3.24. The Labute approximate surface area is 63.9 Å². The van der Waals surface area contributed by atoms with Gasteiger partial charge in [0.25, 0.3) is 0 Å². The van der Waals surface area contributed by atoms with Crippen LogP contribution in [0.5, 0.6) is 0 Å². The van der Waals surface area contributed by atoms with Crippen molar-refractivity contribution in [3.05, 3.63) is 11.8 Å². The number of rotatable bonds is 3. The van der Waals surface area contributed by atoms with E-state index in [1.165, 1.54) is 5.70 Å². The maximum absolute atomic E-state index is 3.24. The Balaban J connectivity index is 0. The third-order valence-corrected chi connectivity index (χ3v) is 1.13. The number of nitrogens with one attached hydrogen (secondary N) is 1. The molecule has 0 aliphatic rings. The summed E-state index contributed by atoms with van der Waals surface area (Å²) >= 11 is 0. The van der Waals surface area contributed by atoms with Gasteiger partial charge in [-0.25, -0.2) is 0 Å². The molecular weight excluding hydrogens is 134 g/mol. The molecule has 0 bridgehead atoms. The summed E-state index contributed by atoms with van der Waals surface area (Å²) in [5.74, 6) is 0. The van der Waals surface area contributed by atoms with Gasteiger partial charge in [0, 0.05) is 12.2 Å². The number of hydrogen-bond donors (Lipinski definition) is 1. The highest BCUT2D eigenvalue weighted by Crippen LogP contribution is 1.92. The zero-order valence-electron chi connectivity index (χ0n) is 6.40. The molecule has 0 aliphatic carbocycles. The molecule has 0 spiro atoms. The van der Waals surface area contributed by atoms with E-state index in [0.29, 0.717) is 0 Å². The molecule has 0 amide bonds. The summed E-state index contributed by atoms with van der Waals surface area (Å²) in [5, 5.41) is 3.24. The van der Waals surface area contributed by atoms with Crippen LogP contribution in [0.3, 0.4) is 0 Å². The van der Waals surface area contributed by atoms with Crippen molar-refractivity contribution in [1.82, 2.24) is 5.32 Å². The second-order valence-electron chi connectivity index (χ2n) is 1.70. The summed E-state index contributed by atoms with van der Waals surface area (Å²) in [5.41, 5.74) is 1.34. The van der Waals surface area contributed by atoms with Gasteiger partial charge in [-0.3, -0.25) is 0 Å². The van der Waals surface area contributed by atoms with Gasteiger partial charge < -0.3 is 5.32 Å². The van der Waals surface area contributed by atoms with E-state index in [9.17, 15) is 0 Å². The summed E-state index contributed by atoms with van der Waals surface area (Å²) < 4.78 is 0. The maximum Gasteiger partial charge on any atom is 0.0115 e. The molecule has 0 saturated carbocycles. The van der Waals surface area contributed by atoms with Gasteiger partial charge in [0.2, 0.25) is 0 Å². The van der Waals surface area contributed by atoms with E-state index in [0.717, 1.165) is 13.0 Å². The van der Waals surface area contributed by atoms with E-state index >= 15 is 0 Å². The minimum atomic E-state index is 0. The monoisotopic (exact) mass is 149 g/mol. The van der Waals surface area contributed by atoms with E-state index in [1.807, 2.05) is 0 Å². The lowest BCUT2D eigenvalue weighted by Crippen LogP contribution is -2.10. The minimum absolute atomic E-state index is 0. The van der Waals surface area contributed by atoms with Crippen LogP contribution in [0.25, 0.3) is 0 Å². The number of hydrogen-bond acceptors (Lipinski definition) is 1. The molecule has 9 heavy (non-hydrogen) atoms. The van der Waals surface area contributed by atoms with Crippen LogP contribution in [0.2, 0.25) is 0 Å². The molecule has 0 radical (unpaired) electrons. The molecule has 1 N–H and O–H groups in total. The standard InChI is InChI=1S/C7H15N.ClH/c1-4-7(5-2)8-6-3;/h4,8H,5-6H2,1-3H3;1H. The Kier molecular flexibility index (Phi) is 10.1. The molecule has 0 unspecified atom stereocenters. The van der Waals surface area contributed by atoms with E-state index in [1.54, 1.807) is 0 Å². The lowest BCUT2D eigenvalue weighted by molar-refractivity contribution is 0.804. The first-order chi connectivity index (χ1) is 3.85.